The van der Waals surface area contributed by atoms with Crippen molar-refractivity contribution in [2.24, 2.45) is 0 Å². The smallest absolute Gasteiger partial charge is 0.155 e. The van der Waals surface area contributed by atoms with Gasteiger partial charge in [0.15, 0.2) is 5.58 Å². The van der Waals surface area contributed by atoms with Crippen LogP contribution in [-0.4, -0.2) is 4.98 Å². The predicted molar refractivity (Wildman–Crippen MR) is 48.2 cm³/mol. The van der Waals surface area contributed by atoms with Crippen molar-refractivity contribution in [3.63, 3.8) is 0 Å². The van der Waals surface area contributed by atoms with Crippen LogP contribution in [0.1, 0.15) is 17.0 Å². The molecule has 0 aromatic carbocycles. The van der Waals surface area contributed by atoms with Crippen LogP contribution in [0.5, 0.6) is 0 Å². The summed E-state index contributed by atoms with van der Waals surface area (Å²) in [5.41, 5.74) is 2.81. The quantitative estimate of drug-likeness (QED) is 0.612. The van der Waals surface area contributed by atoms with E-state index in [1.807, 2.05) is 19.9 Å². The number of nitrogens with zero attached hydrogens (tertiary/aromatic N) is 2. The molecule has 0 aliphatic carbocycles. The van der Waals surface area contributed by atoms with Crippen LogP contribution in [-0.2, 0) is 0 Å². The van der Waals surface area contributed by atoms with Gasteiger partial charge in [-0.3, -0.25) is 4.98 Å². The molecule has 2 aromatic rings. The largest absolute Gasteiger partial charge is 0.463 e. The lowest BCUT2D eigenvalue weighted by atomic mass is 10.1. The maximum Gasteiger partial charge on any atom is 0.155 e. The minimum absolute atomic E-state index is 0.533. The molecule has 2 rings (SSSR count). The van der Waals surface area contributed by atoms with Crippen LogP contribution in [0.4, 0.5) is 0 Å². The Hall–Kier alpha value is -1.82. The number of fused-ring (bicyclic) bond motifs is 1. The van der Waals surface area contributed by atoms with Crippen molar-refractivity contribution in [3.05, 3.63) is 29.3 Å². The summed E-state index contributed by atoms with van der Waals surface area (Å²) in [5.74, 6) is 0. The first-order chi connectivity index (χ1) is 6.24. The summed E-state index contributed by atoms with van der Waals surface area (Å²) in [6, 6.07) is 3.93. The van der Waals surface area contributed by atoms with Crippen LogP contribution < -0.4 is 0 Å². The van der Waals surface area contributed by atoms with Crippen molar-refractivity contribution < 1.29 is 4.42 Å². The summed E-state index contributed by atoms with van der Waals surface area (Å²) >= 11 is 0. The number of aryl methyl sites for hydroxylation is 2. The van der Waals surface area contributed by atoms with Gasteiger partial charge in [0.2, 0.25) is 0 Å². The molecule has 2 heterocycles. The van der Waals surface area contributed by atoms with E-state index in [1.54, 1.807) is 6.26 Å². The Morgan fingerprint density at radius 3 is 2.85 bits per heavy atom. The van der Waals surface area contributed by atoms with Gasteiger partial charge >= 0.3 is 0 Å². The van der Waals surface area contributed by atoms with Gasteiger partial charge in [0.05, 0.1) is 12.0 Å². The molecule has 0 saturated heterocycles. The van der Waals surface area contributed by atoms with Gasteiger partial charge in [-0.15, -0.1) is 0 Å². The van der Waals surface area contributed by atoms with Crippen LogP contribution in [0, 0.1) is 25.2 Å². The minimum Gasteiger partial charge on any atom is -0.463 e. The third-order valence-corrected chi connectivity index (χ3v) is 2.09. The molecule has 0 atom stereocenters. The molecular weight excluding hydrogens is 164 g/mol. The number of aromatic nitrogens is 1. The summed E-state index contributed by atoms with van der Waals surface area (Å²) in [5, 5.41) is 9.79. The van der Waals surface area contributed by atoms with Crippen molar-refractivity contribution >= 4 is 11.0 Å². The molecule has 0 aliphatic heterocycles. The Balaban J connectivity index is 2.99. The number of rotatable bonds is 0. The highest BCUT2D eigenvalue weighted by atomic mass is 16.3. The first kappa shape index (κ1) is 7.81. The maximum absolute atomic E-state index is 8.88. The molecule has 0 amide bonds. The molecule has 0 radical (unpaired) electrons. The predicted octanol–water partition coefficient (Wildman–Crippen LogP) is 2.32. The molecule has 3 heteroatoms. The Kier molecular flexibility index (Phi) is 1.56. The monoisotopic (exact) mass is 172 g/mol. The van der Waals surface area contributed by atoms with Crippen molar-refractivity contribution in [3.8, 4) is 6.07 Å². The first-order valence-electron chi connectivity index (χ1n) is 3.98. The van der Waals surface area contributed by atoms with E-state index in [0.717, 1.165) is 16.8 Å². The molecule has 2 aromatic heterocycles. The summed E-state index contributed by atoms with van der Waals surface area (Å²) in [6.07, 6.45) is 1.58. The van der Waals surface area contributed by atoms with E-state index in [2.05, 4.69) is 11.1 Å². The molecule has 0 unspecified atom stereocenters. The molecule has 0 aliphatic rings. The molecule has 0 fully saturated rings. The van der Waals surface area contributed by atoms with Crippen molar-refractivity contribution in [1.82, 2.24) is 4.98 Å². The highest BCUT2D eigenvalue weighted by Crippen LogP contribution is 2.23. The van der Waals surface area contributed by atoms with Crippen LogP contribution >= 0.6 is 0 Å². The second-order valence-corrected chi connectivity index (χ2v) is 2.93. The van der Waals surface area contributed by atoms with Gasteiger partial charge in [0.1, 0.15) is 11.6 Å². The average molecular weight is 172 g/mol. The highest BCUT2D eigenvalue weighted by Gasteiger charge is 2.10. The summed E-state index contributed by atoms with van der Waals surface area (Å²) < 4.78 is 5.24. The van der Waals surface area contributed by atoms with Crippen LogP contribution in [0.25, 0.3) is 11.0 Å². The number of pyridine rings is 1. The number of hydrogen-bond acceptors (Lipinski definition) is 3. The molecule has 0 spiro atoms. The average Bonchev–Trinajstić information content (AvgIpc) is 2.53. The lowest BCUT2D eigenvalue weighted by molar-refractivity contribution is 0.614. The number of nitriles is 1. The minimum atomic E-state index is 0.533. The van der Waals surface area contributed by atoms with Gasteiger partial charge in [-0.2, -0.15) is 5.26 Å². The molecule has 0 saturated carbocycles. The third-order valence-electron chi connectivity index (χ3n) is 2.09. The fraction of sp³-hybridized carbons (Fsp3) is 0.200. The zero-order valence-corrected chi connectivity index (χ0v) is 7.46. The second kappa shape index (κ2) is 2.60. The summed E-state index contributed by atoms with van der Waals surface area (Å²) in [6.45, 7) is 3.72. The second-order valence-electron chi connectivity index (χ2n) is 2.93. The van der Waals surface area contributed by atoms with E-state index in [-0.39, 0.29) is 0 Å². The van der Waals surface area contributed by atoms with E-state index in [9.17, 15) is 0 Å². The standard InChI is InChI=1S/C10H8N2O/c1-6-8-3-4-13-10(8)9(5-11)7(2)12-6/h3-4H,1-2H3. The zero-order valence-electron chi connectivity index (χ0n) is 7.46. The number of furan rings is 1. The van der Waals surface area contributed by atoms with Crippen molar-refractivity contribution in [1.29, 1.82) is 5.26 Å². The Bertz CT molecular complexity index is 505. The third kappa shape index (κ3) is 0.994. The summed E-state index contributed by atoms with van der Waals surface area (Å²) in [7, 11) is 0. The van der Waals surface area contributed by atoms with Crippen LogP contribution in [0.3, 0.4) is 0 Å². The maximum atomic E-state index is 8.88. The zero-order chi connectivity index (χ0) is 9.42. The van der Waals surface area contributed by atoms with Gasteiger partial charge in [-0.25, -0.2) is 0 Å². The van der Waals surface area contributed by atoms with E-state index in [0.29, 0.717) is 11.1 Å². The summed E-state index contributed by atoms with van der Waals surface area (Å²) in [4.78, 5) is 4.26. The van der Waals surface area contributed by atoms with E-state index in [4.69, 9.17) is 9.68 Å². The van der Waals surface area contributed by atoms with Crippen molar-refractivity contribution in [2.45, 2.75) is 13.8 Å². The fourth-order valence-electron chi connectivity index (χ4n) is 1.45. The lowest BCUT2D eigenvalue weighted by Gasteiger charge is -1.99. The SMILES string of the molecule is Cc1nc(C)c2ccoc2c1C#N. The van der Waals surface area contributed by atoms with Gasteiger partial charge in [-0.1, -0.05) is 0 Å². The number of hydrogen-bond donors (Lipinski definition) is 0. The Labute approximate surface area is 75.6 Å². The highest BCUT2D eigenvalue weighted by molar-refractivity contribution is 5.85. The molecule has 13 heavy (non-hydrogen) atoms. The Morgan fingerprint density at radius 1 is 1.38 bits per heavy atom. The molecule has 64 valence electrons. The van der Waals surface area contributed by atoms with E-state index in [1.165, 1.54) is 0 Å². The molecule has 0 N–H and O–H groups in total. The van der Waals surface area contributed by atoms with E-state index >= 15 is 0 Å². The molecule has 0 bridgehead atoms. The lowest BCUT2D eigenvalue weighted by Crippen LogP contribution is -1.91. The van der Waals surface area contributed by atoms with Gasteiger partial charge in [0, 0.05) is 11.1 Å². The van der Waals surface area contributed by atoms with Gasteiger partial charge in [0.25, 0.3) is 0 Å². The normalized spacial score (nSPS) is 10.2. The topological polar surface area (TPSA) is 49.8 Å². The fourth-order valence-corrected chi connectivity index (χ4v) is 1.45. The first-order valence-corrected chi connectivity index (χ1v) is 3.98. The molecule has 3 nitrogen and oxygen atoms in total. The van der Waals surface area contributed by atoms with Crippen LogP contribution in [0.2, 0.25) is 0 Å². The van der Waals surface area contributed by atoms with Gasteiger partial charge < -0.3 is 4.42 Å². The Morgan fingerprint density at radius 2 is 2.15 bits per heavy atom. The van der Waals surface area contributed by atoms with E-state index < -0.39 is 0 Å². The van der Waals surface area contributed by atoms with Gasteiger partial charge in [-0.05, 0) is 19.9 Å². The van der Waals surface area contributed by atoms with Crippen molar-refractivity contribution in [2.75, 3.05) is 0 Å². The van der Waals surface area contributed by atoms with Crippen LogP contribution in [0.15, 0.2) is 16.7 Å². The molecular formula is C10H8N2O.